The summed E-state index contributed by atoms with van der Waals surface area (Å²) >= 11 is 0. The van der Waals surface area contributed by atoms with Gasteiger partial charge in [0.05, 0.1) is 0 Å². The van der Waals surface area contributed by atoms with Crippen LogP contribution < -0.4 is 15.9 Å². The van der Waals surface area contributed by atoms with Gasteiger partial charge in [0.15, 0.2) is 5.69 Å². The van der Waals surface area contributed by atoms with Crippen LogP contribution in [0.3, 0.4) is 0 Å². The number of carbonyl (C=O) groups excluding carboxylic acids is 1. The van der Waals surface area contributed by atoms with E-state index in [1.54, 1.807) is 0 Å². The number of likely N-dealkylation sites (tertiary alicyclic amines) is 1. The van der Waals surface area contributed by atoms with Crippen LogP contribution in [0.25, 0.3) is 11.3 Å². The van der Waals surface area contributed by atoms with Crippen molar-refractivity contribution in [3.8, 4) is 22.8 Å². The molecule has 1 fully saturated rings. The van der Waals surface area contributed by atoms with Gasteiger partial charge in [-0.2, -0.15) is 0 Å². The molecule has 0 saturated carbocycles. The smallest absolute Gasteiger partial charge is 0.269 e. The first-order chi connectivity index (χ1) is 15.6. The zero-order valence-corrected chi connectivity index (χ0v) is 18.3. The number of hydrogen-bond acceptors (Lipinski definition) is 5. The van der Waals surface area contributed by atoms with Crippen LogP contribution in [0.4, 0.5) is 0 Å². The van der Waals surface area contributed by atoms with Crippen molar-refractivity contribution in [1.29, 1.82) is 0 Å². The summed E-state index contributed by atoms with van der Waals surface area (Å²) in [7, 11) is 2.17. The van der Waals surface area contributed by atoms with E-state index in [0.29, 0.717) is 23.2 Å². The van der Waals surface area contributed by atoms with Crippen molar-refractivity contribution in [2.75, 3.05) is 32.1 Å². The quantitative estimate of drug-likeness (QED) is 0.642. The molecule has 3 heterocycles. The highest BCUT2D eigenvalue weighted by Crippen LogP contribution is 2.38. The Labute approximate surface area is 188 Å². The van der Waals surface area contributed by atoms with Crippen molar-refractivity contribution in [2.45, 2.75) is 25.2 Å². The van der Waals surface area contributed by atoms with Crippen molar-refractivity contribution in [2.24, 2.45) is 11.7 Å². The second kappa shape index (κ2) is 8.67. The van der Waals surface area contributed by atoms with Gasteiger partial charge in [-0.05, 0) is 81.7 Å². The molecule has 0 aliphatic carbocycles. The topological polar surface area (TPSA) is 85.4 Å². The van der Waals surface area contributed by atoms with Gasteiger partial charge in [0, 0.05) is 18.0 Å². The van der Waals surface area contributed by atoms with Gasteiger partial charge in [-0.1, -0.05) is 18.2 Å². The number of rotatable bonds is 5. The minimum atomic E-state index is -0.472. The summed E-state index contributed by atoms with van der Waals surface area (Å²) < 4.78 is 7.75. The van der Waals surface area contributed by atoms with Crippen LogP contribution in [0.5, 0.6) is 11.5 Å². The van der Waals surface area contributed by atoms with Gasteiger partial charge in [-0.15, -0.1) is 0 Å². The average molecular weight is 432 g/mol. The summed E-state index contributed by atoms with van der Waals surface area (Å²) in [6.45, 7) is 3.02. The van der Waals surface area contributed by atoms with E-state index in [1.807, 2.05) is 59.3 Å². The normalized spacial score (nSPS) is 19.2. The molecule has 0 radical (unpaired) electrons. The Bertz CT molecular complexity index is 1090. The number of nitrogens with zero attached hydrogens (tertiary/aromatic N) is 3. The van der Waals surface area contributed by atoms with E-state index in [4.69, 9.17) is 15.5 Å². The molecule has 7 heteroatoms. The maximum Gasteiger partial charge on any atom is 0.269 e. The molecule has 3 aromatic rings. The van der Waals surface area contributed by atoms with Gasteiger partial charge in [-0.3, -0.25) is 4.79 Å². The highest BCUT2D eigenvalue weighted by atomic mass is 16.5. The second-order valence-electron chi connectivity index (χ2n) is 8.75. The summed E-state index contributed by atoms with van der Waals surface area (Å²) in [5.74, 6) is 2.87. The molecule has 2 aliphatic heterocycles. The first-order valence-electron chi connectivity index (χ1n) is 11.3. The highest BCUT2D eigenvalue weighted by molar-refractivity contribution is 5.97. The molecular weight excluding hydrogens is 402 g/mol. The van der Waals surface area contributed by atoms with E-state index >= 15 is 0 Å². The zero-order valence-electron chi connectivity index (χ0n) is 18.3. The van der Waals surface area contributed by atoms with E-state index in [-0.39, 0.29) is 0 Å². The number of piperidine rings is 1. The van der Waals surface area contributed by atoms with E-state index in [2.05, 4.69) is 17.4 Å². The van der Waals surface area contributed by atoms with Crippen LogP contribution in [0.2, 0.25) is 0 Å². The number of hydrogen-bond donors (Lipinski definition) is 2. The van der Waals surface area contributed by atoms with E-state index in [0.717, 1.165) is 61.8 Å². The number of nitrogens with one attached hydrogen (secondary N) is 1. The number of benzene rings is 2. The number of fused-ring (bicyclic) bond motifs is 1. The van der Waals surface area contributed by atoms with E-state index < -0.39 is 5.91 Å². The molecule has 0 bridgehead atoms. The van der Waals surface area contributed by atoms with Crippen molar-refractivity contribution in [1.82, 2.24) is 14.6 Å². The number of ether oxygens (including phenoxy) is 1. The Hall–Kier alpha value is -3.32. The number of aromatic nitrogens is 2. The molecule has 0 spiro atoms. The fourth-order valence-corrected chi connectivity index (χ4v) is 4.92. The largest absolute Gasteiger partial charge is 0.457 e. The number of carbonyl (C=O) groups is 1. The Kier molecular flexibility index (Phi) is 5.57. The highest BCUT2D eigenvalue weighted by Gasteiger charge is 2.35. The van der Waals surface area contributed by atoms with Gasteiger partial charge < -0.3 is 20.8 Å². The van der Waals surface area contributed by atoms with Crippen LogP contribution in [-0.4, -0.2) is 47.1 Å². The maximum atomic E-state index is 12.5. The van der Waals surface area contributed by atoms with Crippen LogP contribution in [0.1, 0.15) is 41.5 Å². The lowest BCUT2D eigenvalue weighted by Crippen LogP contribution is -2.38. The molecule has 1 unspecified atom stereocenters. The molecule has 1 aromatic heterocycles. The maximum absolute atomic E-state index is 12.5. The SMILES string of the molecule is CN1CCC(C2CCNn3c2nc(-c2ccc(Oc4ccccc4)cc2)c3C(N)=O)CC1. The molecule has 32 heavy (non-hydrogen) atoms. The van der Waals surface area contributed by atoms with Crippen molar-refractivity contribution in [3.05, 3.63) is 66.1 Å². The fraction of sp³-hybridized carbons (Fsp3) is 0.360. The number of nitrogens with two attached hydrogens (primary N) is 1. The monoisotopic (exact) mass is 431 g/mol. The standard InChI is InChI=1S/C25H29N5O2/c1-29-15-12-17(13-16-29)21-11-14-27-30-23(24(26)31)22(28-25(21)30)18-7-9-20(10-8-18)32-19-5-3-2-4-6-19/h2-10,17,21,27H,11-16H2,1H3,(H2,26,31). The predicted octanol–water partition coefficient (Wildman–Crippen LogP) is 3.81. The van der Waals surface area contributed by atoms with Crippen molar-refractivity contribution >= 4 is 5.91 Å². The summed E-state index contributed by atoms with van der Waals surface area (Å²) in [5, 5.41) is 0. The minimum absolute atomic E-state index is 0.331. The number of para-hydroxylation sites is 1. The Morgan fingerprint density at radius 1 is 1.03 bits per heavy atom. The van der Waals surface area contributed by atoms with Crippen molar-refractivity contribution < 1.29 is 9.53 Å². The van der Waals surface area contributed by atoms with E-state index in [1.165, 1.54) is 0 Å². The Balaban J connectivity index is 1.46. The van der Waals surface area contributed by atoms with Gasteiger partial charge in [0.25, 0.3) is 5.91 Å². The molecule has 1 saturated heterocycles. The van der Waals surface area contributed by atoms with Crippen molar-refractivity contribution in [3.63, 3.8) is 0 Å². The number of imidazole rings is 1. The predicted molar refractivity (Wildman–Crippen MR) is 125 cm³/mol. The molecule has 166 valence electrons. The van der Waals surface area contributed by atoms with Crippen LogP contribution in [0.15, 0.2) is 54.6 Å². The van der Waals surface area contributed by atoms with E-state index in [9.17, 15) is 4.79 Å². The molecule has 2 aromatic carbocycles. The average Bonchev–Trinajstić information content (AvgIpc) is 3.21. The first kappa shape index (κ1) is 20.6. The molecular formula is C25H29N5O2. The van der Waals surface area contributed by atoms with Gasteiger partial charge in [0.2, 0.25) is 0 Å². The summed E-state index contributed by atoms with van der Waals surface area (Å²) in [5.41, 5.74) is 11.1. The summed E-state index contributed by atoms with van der Waals surface area (Å²) in [6, 6.07) is 17.3. The molecule has 7 nitrogen and oxygen atoms in total. The third-order valence-corrected chi connectivity index (χ3v) is 6.63. The molecule has 1 amide bonds. The third-order valence-electron chi connectivity index (χ3n) is 6.63. The van der Waals surface area contributed by atoms with Crippen LogP contribution in [0, 0.1) is 5.92 Å². The number of primary amides is 1. The van der Waals surface area contributed by atoms with Gasteiger partial charge >= 0.3 is 0 Å². The summed E-state index contributed by atoms with van der Waals surface area (Å²) in [6.07, 6.45) is 3.33. The number of amides is 1. The van der Waals surface area contributed by atoms with Gasteiger partial charge in [-0.25, -0.2) is 9.66 Å². The fourth-order valence-electron chi connectivity index (χ4n) is 4.92. The van der Waals surface area contributed by atoms with Crippen LogP contribution >= 0.6 is 0 Å². The lowest BCUT2D eigenvalue weighted by atomic mass is 9.81. The third kappa shape index (κ3) is 3.96. The molecule has 3 N–H and O–H groups in total. The van der Waals surface area contributed by atoms with Crippen LogP contribution in [-0.2, 0) is 0 Å². The zero-order chi connectivity index (χ0) is 22.1. The lowest BCUT2D eigenvalue weighted by Gasteiger charge is -2.36. The minimum Gasteiger partial charge on any atom is -0.457 e. The Morgan fingerprint density at radius 3 is 2.41 bits per heavy atom. The summed E-state index contributed by atoms with van der Waals surface area (Å²) in [4.78, 5) is 19.8. The molecule has 5 rings (SSSR count). The molecule has 2 aliphatic rings. The molecule has 1 atom stereocenters. The Morgan fingerprint density at radius 2 is 1.72 bits per heavy atom. The second-order valence-corrected chi connectivity index (χ2v) is 8.75. The lowest BCUT2D eigenvalue weighted by molar-refractivity contribution is 0.0992. The first-order valence-corrected chi connectivity index (χ1v) is 11.3. The van der Waals surface area contributed by atoms with Gasteiger partial charge in [0.1, 0.15) is 23.0 Å².